The van der Waals surface area contributed by atoms with Crippen molar-refractivity contribution in [2.24, 2.45) is 0 Å². The third kappa shape index (κ3) is 3.18. The summed E-state index contributed by atoms with van der Waals surface area (Å²) >= 11 is 0. The van der Waals surface area contributed by atoms with Crippen LogP contribution in [0.25, 0.3) is 6.08 Å². The molecule has 0 aromatic heterocycles. The summed E-state index contributed by atoms with van der Waals surface area (Å²) in [4.78, 5) is 8.34. The molecule has 0 aliphatic carbocycles. The molecule has 1 aromatic rings. The molecule has 0 spiro atoms. The van der Waals surface area contributed by atoms with Crippen LogP contribution in [0, 0.1) is 0 Å². The van der Waals surface area contributed by atoms with E-state index in [9.17, 15) is 37.4 Å². The average molecular weight is 354 g/mol. The van der Waals surface area contributed by atoms with Crippen molar-refractivity contribution >= 4 is 22.6 Å². The molecule has 0 unspecified atom stereocenters. The first-order chi connectivity index (χ1) is 9.61. The number of ether oxygens (including phenoxy) is 1. The van der Waals surface area contributed by atoms with Gasteiger partial charge in [-0.2, -0.15) is 13.2 Å². The lowest BCUT2D eigenvalue weighted by Gasteiger charge is -2.41. The predicted octanol–water partition coefficient (Wildman–Crippen LogP) is 5.25. The van der Waals surface area contributed by atoms with E-state index in [4.69, 9.17) is 0 Å². The summed E-state index contributed by atoms with van der Waals surface area (Å²) in [7, 11) is -9.98. The van der Waals surface area contributed by atoms with E-state index in [1.807, 2.05) is 0 Å². The smallest absolute Gasteiger partial charge is 0.429 e. The zero-order valence-electron chi connectivity index (χ0n) is 10.2. The number of rotatable bonds is 2. The van der Waals surface area contributed by atoms with Crippen molar-refractivity contribution in [1.29, 1.82) is 0 Å². The molecule has 0 amide bonds. The Kier molecular flexibility index (Phi) is 2.97. The maximum Gasteiger partial charge on any atom is 0.429 e. The van der Waals surface area contributed by atoms with Crippen LogP contribution in [0.4, 0.5) is 32.6 Å². The normalized spacial score (nSPS) is 21.8. The topological polar surface area (TPSA) is 26.3 Å². The van der Waals surface area contributed by atoms with Crippen LogP contribution in [0.5, 0.6) is 5.75 Å². The van der Waals surface area contributed by atoms with Gasteiger partial charge in [0.25, 0.3) is 0 Å². The zero-order chi connectivity index (χ0) is 17.0. The van der Waals surface area contributed by atoms with Gasteiger partial charge in [-0.15, -0.1) is 0 Å². The predicted molar refractivity (Wildman–Crippen MR) is 62.4 cm³/mol. The first-order valence-electron chi connectivity index (χ1n) is 5.40. The minimum Gasteiger partial charge on any atom is -0.475 e. The van der Waals surface area contributed by atoms with E-state index in [0.29, 0.717) is 12.1 Å². The molecular formula is C11H6F8O2S. The molecule has 0 N–H and O–H groups in total. The fourth-order valence-corrected chi connectivity index (χ4v) is 2.46. The lowest BCUT2D eigenvalue weighted by atomic mass is 10.0. The number of carbonyl (C=O) groups is 1. The summed E-state index contributed by atoms with van der Waals surface area (Å²) in [6.07, 6.45) is -7.46. The third-order valence-electron chi connectivity index (χ3n) is 2.73. The molecule has 0 fully saturated rings. The van der Waals surface area contributed by atoms with E-state index in [2.05, 4.69) is 4.74 Å². The van der Waals surface area contributed by atoms with Gasteiger partial charge < -0.3 is 4.74 Å². The summed E-state index contributed by atoms with van der Waals surface area (Å²) in [6, 6.07) is 0.250. The number of halogens is 8. The second-order valence-electron chi connectivity index (χ2n) is 4.47. The number of hydrogen-bond acceptors (Lipinski definition) is 2. The van der Waals surface area contributed by atoms with Gasteiger partial charge >= 0.3 is 16.4 Å². The number of aldehydes is 1. The van der Waals surface area contributed by atoms with Crippen molar-refractivity contribution in [2.45, 2.75) is 17.2 Å². The fourth-order valence-electron chi connectivity index (χ4n) is 1.79. The van der Waals surface area contributed by atoms with E-state index >= 15 is 0 Å². The highest BCUT2D eigenvalue weighted by molar-refractivity contribution is 8.45. The van der Waals surface area contributed by atoms with Gasteiger partial charge in [0.1, 0.15) is 16.9 Å². The molecule has 0 saturated heterocycles. The lowest BCUT2D eigenvalue weighted by molar-refractivity contribution is -0.184. The SMILES string of the molecule is O=CC1=Cc2cc(S(F)(F)(F)(F)F)ccc2O[C@@H]1C(F)(F)F. The van der Waals surface area contributed by atoms with E-state index < -0.39 is 44.3 Å². The van der Waals surface area contributed by atoms with Crippen molar-refractivity contribution in [2.75, 3.05) is 0 Å². The molecular weight excluding hydrogens is 348 g/mol. The van der Waals surface area contributed by atoms with Crippen LogP contribution >= 0.6 is 10.2 Å². The lowest BCUT2D eigenvalue weighted by Crippen LogP contribution is -2.38. The summed E-state index contributed by atoms with van der Waals surface area (Å²) < 4.78 is 106. The standard InChI is InChI=1S/C11H6F8O2S/c12-11(13,14)10-7(5-20)3-6-4-8(1-2-9(6)21-10)22(15,16,17,18)19/h1-5,10H/t10-/m0/s1. The van der Waals surface area contributed by atoms with Gasteiger partial charge in [-0.3, -0.25) is 4.79 Å². The van der Waals surface area contributed by atoms with Crippen LogP contribution in [0.1, 0.15) is 5.56 Å². The number of benzene rings is 1. The molecule has 22 heavy (non-hydrogen) atoms. The van der Waals surface area contributed by atoms with Gasteiger partial charge in [-0.25, -0.2) is 0 Å². The van der Waals surface area contributed by atoms with Gasteiger partial charge in [0, 0.05) is 11.1 Å². The summed E-state index contributed by atoms with van der Waals surface area (Å²) in [5.74, 6) is -0.682. The minimum atomic E-state index is -9.98. The maximum atomic E-state index is 12.7. The van der Waals surface area contributed by atoms with Crippen LogP contribution in [0.2, 0.25) is 0 Å². The maximum absolute atomic E-state index is 12.7. The molecule has 1 heterocycles. The molecule has 1 aliphatic rings. The molecule has 0 bridgehead atoms. The third-order valence-corrected chi connectivity index (χ3v) is 3.87. The first kappa shape index (κ1) is 16.6. The number of carbonyl (C=O) groups excluding carboxylic acids is 1. The quantitative estimate of drug-likeness (QED) is 0.536. The zero-order valence-corrected chi connectivity index (χ0v) is 11.0. The summed E-state index contributed by atoms with van der Waals surface area (Å²) in [5, 5.41) is 0. The van der Waals surface area contributed by atoms with E-state index in [-0.39, 0.29) is 18.4 Å². The van der Waals surface area contributed by atoms with Gasteiger partial charge in [0.2, 0.25) is 6.10 Å². The molecule has 1 aliphatic heterocycles. The Morgan fingerprint density at radius 3 is 2.14 bits per heavy atom. The van der Waals surface area contributed by atoms with Crippen LogP contribution in [0.3, 0.4) is 0 Å². The number of alkyl halides is 3. The van der Waals surface area contributed by atoms with Crippen molar-refractivity contribution in [1.82, 2.24) is 0 Å². The monoisotopic (exact) mass is 354 g/mol. The van der Waals surface area contributed by atoms with Gasteiger partial charge in [0.05, 0.1) is 0 Å². The Bertz CT molecular complexity index is 674. The molecule has 0 saturated carbocycles. The minimum absolute atomic E-state index is 0.0486. The van der Waals surface area contributed by atoms with Crippen LogP contribution < -0.4 is 4.74 Å². The highest BCUT2D eigenvalue weighted by Crippen LogP contribution is 3.02. The Labute approximate surface area is 118 Å². The van der Waals surface area contributed by atoms with Gasteiger partial charge in [-0.1, -0.05) is 19.4 Å². The van der Waals surface area contributed by atoms with Gasteiger partial charge in [-0.05, 0) is 24.3 Å². The number of hydrogen-bond donors (Lipinski definition) is 0. The van der Waals surface area contributed by atoms with E-state index in [1.54, 1.807) is 0 Å². The highest BCUT2D eigenvalue weighted by Gasteiger charge is 2.65. The van der Waals surface area contributed by atoms with E-state index in [1.165, 1.54) is 0 Å². The first-order valence-corrected chi connectivity index (χ1v) is 7.35. The molecule has 1 atom stereocenters. The molecule has 0 radical (unpaired) electrons. The molecule has 11 heteroatoms. The van der Waals surface area contributed by atoms with E-state index in [0.717, 1.165) is 0 Å². The molecule has 124 valence electrons. The van der Waals surface area contributed by atoms with Gasteiger partial charge in [0.15, 0.2) is 0 Å². The largest absolute Gasteiger partial charge is 0.475 e. The Balaban J connectivity index is 2.59. The second kappa shape index (κ2) is 3.94. The highest BCUT2D eigenvalue weighted by atomic mass is 32.5. The van der Waals surface area contributed by atoms with Crippen LogP contribution in [-0.4, -0.2) is 18.6 Å². The average Bonchev–Trinajstić information content (AvgIpc) is 2.32. The summed E-state index contributed by atoms with van der Waals surface area (Å²) in [6.45, 7) is 0. The Hall–Kier alpha value is -1.78. The number of fused-ring (bicyclic) bond motifs is 1. The fraction of sp³-hybridized carbons (Fsp3) is 0.182. The molecule has 2 rings (SSSR count). The van der Waals surface area contributed by atoms with Crippen molar-refractivity contribution in [3.63, 3.8) is 0 Å². The van der Waals surface area contributed by atoms with Crippen molar-refractivity contribution in [3.8, 4) is 5.75 Å². The summed E-state index contributed by atoms with van der Waals surface area (Å²) in [5.41, 5.74) is -1.70. The Morgan fingerprint density at radius 1 is 1.09 bits per heavy atom. The van der Waals surface area contributed by atoms with Crippen LogP contribution in [-0.2, 0) is 4.79 Å². The van der Waals surface area contributed by atoms with Crippen molar-refractivity contribution < 1.29 is 42.1 Å². The Morgan fingerprint density at radius 2 is 1.68 bits per heavy atom. The van der Waals surface area contributed by atoms with Crippen LogP contribution in [0.15, 0.2) is 28.7 Å². The molecule has 2 nitrogen and oxygen atoms in total. The van der Waals surface area contributed by atoms with Crippen molar-refractivity contribution in [3.05, 3.63) is 29.3 Å². The molecule has 1 aromatic carbocycles. The second-order valence-corrected chi connectivity index (χ2v) is 6.88.